The summed E-state index contributed by atoms with van der Waals surface area (Å²) in [5.41, 5.74) is 3.10. The molecule has 1 aromatic carbocycles. The van der Waals surface area contributed by atoms with E-state index in [0.29, 0.717) is 41.3 Å². The predicted octanol–water partition coefficient (Wildman–Crippen LogP) is 5.70. The van der Waals surface area contributed by atoms with E-state index in [4.69, 9.17) is 16.6 Å². The molecule has 0 aliphatic carbocycles. The van der Waals surface area contributed by atoms with Gasteiger partial charge in [-0.2, -0.15) is 5.10 Å². The number of aromatic amines is 1. The van der Waals surface area contributed by atoms with Crippen molar-refractivity contribution in [2.75, 3.05) is 11.9 Å². The van der Waals surface area contributed by atoms with Crippen LogP contribution in [0.25, 0.3) is 0 Å². The number of carbonyl (C=O) groups excluding carboxylic acids is 1. The Hall–Kier alpha value is -2.77. The highest BCUT2D eigenvalue weighted by molar-refractivity contribution is 6.30. The summed E-state index contributed by atoms with van der Waals surface area (Å²) in [6.07, 6.45) is 2.76. The van der Waals surface area contributed by atoms with Crippen molar-refractivity contribution in [1.29, 1.82) is 0 Å². The van der Waals surface area contributed by atoms with Crippen molar-refractivity contribution in [2.24, 2.45) is 5.92 Å². The Morgan fingerprint density at radius 2 is 2.12 bits per heavy atom. The molecule has 0 saturated carbocycles. The Morgan fingerprint density at radius 1 is 1.30 bits per heavy atom. The zero-order chi connectivity index (χ0) is 23.5. The van der Waals surface area contributed by atoms with Crippen molar-refractivity contribution in [3.05, 3.63) is 69.8 Å². The second-order valence-electron chi connectivity index (χ2n) is 8.98. The maximum absolute atomic E-state index is 14.3. The Labute approximate surface area is 198 Å². The third kappa shape index (κ3) is 5.78. The lowest BCUT2D eigenvalue weighted by Gasteiger charge is -2.38. The van der Waals surface area contributed by atoms with Crippen LogP contribution in [-0.4, -0.2) is 38.5 Å². The van der Waals surface area contributed by atoms with Crippen LogP contribution in [0.2, 0.25) is 5.02 Å². The van der Waals surface area contributed by atoms with Gasteiger partial charge in [-0.05, 0) is 70.7 Å². The summed E-state index contributed by atoms with van der Waals surface area (Å²) in [6, 6.07) is 11.0. The van der Waals surface area contributed by atoms with Crippen LogP contribution >= 0.6 is 11.6 Å². The number of aryl methyl sites for hydroxylation is 1. The van der Waals surface area contributed by atoms with Crippen molar-refractivity contribution in [1.82, 2.24) is 20.1 Å². The van der Waals surface area contributed by atoms with Gasteiger partial charge in [-0.25, -0.2) is 9.37 Å². The summed E-state index contributed by atoms with van der Waals surface area (Å²) in [7, 11) is 0. The van der Waals surface area contributed by atoms with E-state index in [0.717, 1.165) is 37.2 Å². The van der Waals surface area contributed by atoms with Crippen molar-refractivity contribution < 1.29 is 9.18 Å². The number of carbonyl (C=O) groups is 1. The van der Waals surface area contributed by atoms with Crippen LogP contribution in [0.15, 0.2) is 36.4 Å². The van der Waals surface area contributed by atoms with E-state index in [9.17, 15) is 9.18 Å². The van der Waals surface area contributed by atoms with E-state index in [1.807, 2.05) is 19.1 Å². The minimum atomic E-state index is -0.328. The zero-order valence-corrected chi connectivity index (χ0v) is 19.9. The molecule has 3 aromatic rings. The lowest BCUT2D eigenvalue weighted by Crippen LogP contribution is -2.40. The molecule has 3 heterocycles. The number of likely N-dealkylation sites (tertiary alicyclic amines) is 1. The van der Waals surface area contributed by atoms with Crippen LogP contribution < -0.4 is 5.32 Å². The number of nitrogens with one attached hydrogen (secondary N) is 2. The van der Waals surface area contributed by atoms with Gasteiger partial charge in [-0.15, -0.1) is 0 Å². The fourth-order valence-electron chi connectivity index (χ4n) is 4.50. The Balaban J connectivity index is 1.43. The topological polar surface area (TPSA) is 73.9 Å². The fourth-order valence-corrected chi connectivity index (χ4v) is 4.69. The van der Waals surface area contributed by atoms with Gasteiger partial charge in [-0.3, -0.25) is 14.8 Å². The molecule has 1 aliphatic rings. The van der Waals surface area contributed by atoms with Gasteiger partial charge in [0.05, 0.1) is 5.02 Å². The quantitative estimate of drug-likeness (QED) is 0.434. The van der Waals surface area contributed by atoms with Crippen molar-refractivity contribution in [3.63, 3.8) is 0 Å². The first-order valence-corrected chi connectivity index (χ1v) is 11.6. The van der Waals surface area contributed by atoms with Crippen LogP contribution in [0.4, 0.5) is 16.0 Å². The predicted molar refractivity (Wildman–Crippen MR) is 129 cm³/mol. The second-order valence-corrected chi connectivity index (χ2v) is 9.38. The first-order valence-electron chi connectivity index (χ1n) is 11.3. The third-order valence-electron chi connectivity index (χ3n) is 6.27. The molecule has 2 atom stereocenters. The highest BCUT2D eigenvalue weighted by Crippen LogP contribution is 2.29. The van der Waals surface area contributed by atoms with Crippen molar-refractivity contribution in [3.8, 4) is 0 Å². The van der Waals surface area contributed by atoms with Gasteiger partial charge in [0.25, 0.3) is 0 Å². The van der Waals surface area contributed by atoms with Crippen molar-refractivity contribution >= 4 is 29.0 Å². The molecule has 6 nitrogen and oxygen atoms in total. The van der Waals surface area contributed by atoms with Gasteiger partial charge < -0.3 is 5.32 Å². The molecule has 4 rings (SSSR count). The summed E-state index contributed by atoms with van der Waals surface area (Å²) in [4.78, 5) is 19.2. The first kappa shape index (κ1) is 23.4. The van der Waals surface area contributed by atoms with Crippen LogP contribution in [0, 0.1) is 18.7 Å². The number of H-pyrrole nitrogens is 1. The number of hydrogen-bond acceptors (Lipinski definition) is 5. The average Bonchev–Trinajstić information content (AvgIpc) is 3.17. The molecule has 0 amide bonds. The maximum Gasteiger partial charge on any atom is 0.160 e. The number of nitrogens with zero attached hydrogens (tertiary/aromatic N) is 3. The van der Waals surface area contributed by atoms with Gasteiger partial charge in [0.2, 0.25) is 0 Å². The molecule has 0 spiro atoms. The molecule has 1 fully saturated rings. The monoisotopic (exact) mass is 469 g/mol. The number of piperidine rings is 1. The Morgan fingerprint density at radius 3 is 2.82 bits per heavy atom. The number of rotatable bonds is 7. The molecule has 8 heteroatoms. The molecule has 1 aliphatic heterocycles. The molecule has 0 radical (unpaired) electrons. The van der Waals surface area contributed by atoms with E-state index in [-0.39, 0.29) is 16.6 Å². The van der Waals surface area contributed by atoms with Crippen LogP contribution in [0.3, 0.4) is 0 Å². The lowest BCUT2D eigenvalue weighted by atomic mass is 9.87. The number of pyridine rings is 1. The molecular formula is C25H29ClFN5O. The summed E-state index contributed by atoms with van der Waals surface area (Å²) >= 11 is 5.95. The Bertz CT molecular complexity index is 1150. The minimum Gasteiger partial charge on any atom is -0.323 e. The molecule has 33 heavy (non-hydrogen) atoms. The summed E-state index contributed by atoms with van der Waals surface area (Å²) in [5, 5.41) is 10.4. The second kappa shape index (κ2) is 10.0. The van der Waals surface area contributed by atoms with E-state index in [2.05, 4.69) is 27.3 Å². The maximum atomic E-state index is 14.3. The molecule has 2 N–H and O–H groups in total. The molecule has 0 bridgehead atoms. The standard InChI is InChI=1S/C25H29ClFN5O/c1-15-9-24(31-30-15)29-23-13-20(17(3)33)12-21(28-23)11-18-7-8-32(16(2)10-18)14-19-5-4-6-22(26)25(19)27/h4-6,9,12-13,16,18H,7-8,10-11,14H2,1-3H3,(H2,28,29,30,31)/t16-,18-/m1/s1. The molecular weight excluding hydrogens is 441 g/mol. The largest absolute Gasteiger partial charge is 0.323 e. The molecule has 0 unspecified atom stereocenters. The number of aromatic nitrogens is 3. The van der Waals surface area contributed by atoms with E-state index < -0.39 is 0 Å². The molecule has 1 saturated heterocycles. The highest BCUT2D eigenvalue weighted by Gasteiger charge is 2.27. The molecule has 174 valence electrons. The number of halogens is 2. The van der Waals surface area contributed by atoms with E-state index >= 15 is 0 Å². The summed E-state index contributed by atoms with van der Waals surface area (Å²) < 4.78 is 14.3. The fraction of sp³-hybridized carbons (Fsp3) is 0.400. The lowest BCUT2D eigenvalue weighted by molar-refractivity contribution is 0.101. The van der Waals surface area contributed by atoms with Crippen LogP contribution in [0.5, 0.6) is 0 Å². The van der Waals surface area contributed by atoms with Crippen LogP contribution in [0.1, 0.15) is 54.0 Å². The SMILES string of the molecule is CC(=O)c1cc(C[C@@H]2CCN(Cc3cccc(Cl)c3F)[C@H](C)C2)nc(Nc2cc(C)[nH]n2)c1. The van der Waals surface area contributed by atoms with Gasteiger partial charge in [0, 0.05) is 41.2 Å². The van der Waals surface area contributed by atoms with Crippen LogP contribution in [-0.2, 0) is 13.0 Å². The van der Waals surface area contributed by atoms with Gasteiger partial charge in [0.1, 0.15) is 11.6 Å². The van der Waals surface area contributed by atoms with E-state index in [1.165, 1.54) is 0 Å². The van der Waals surface area contributed by atoms with E-state index in [1.54, 1.807) is 31.2 Å². The van der Waals surface area contributed by atoms with Gasteiger partial charge >= 0.3 is 0 Å². The van der Waals surface area contributed by atoms with Crippen molar-refractivity contribution in [2.45, 2.75) is 52.6 Å². The summed E-state index contributed by atoms with van der Waals surface area (Å²) in [5.74, 6) is 1.40. The Kier molecular flexibility index (Phi) is 7.10. The third-order valence-corrected chi connectivity index (χ3v) is 6.56. The first-order chi connectivity index (χ1) is 15.8. The normalized spacial score (nSPS) is 18.9. The van der Waals surface area contributed by atoms with Gasteiger partial charge in [0.15, 0.2) is 11.6 Å². The van der Waals surface area contributed by atoms with Gasteiger partial charge in [-0.1, -0.05) is 23.7 Å². The number of Topliss-reactive ketones (excluding diaryl/α,β-unsaturated/α-hetero) is 1. The number of hydrogen-bond donors (Lipinski definition) is 2. The average molecular weight is 470 g/mol. The number of ketones is 1. The summed E-state index contributed by atoms with van der Waals surface area (Å²) in [6.45, 7) is 7.10. The smallest absolute Gasteiger partial charge is 0.160 e. The molecule has 2 aromatic heterocycles. The zero-order valence-electron chi connectivity index (χ0n) is 19.2. The minimum absolute atomic E-state index is 0.00615. The number of anilines is 2. The number of benzene rings is 1. The highest BCUT2D eigenvalue weighted by atomic mass is 35.5.